The van der Waals surface area contributed by atoms with Gasteiger partial charge >= 0.3 is 0 Å². The summed E-state index contributed by atoms with van der Waals surface area (Å²) in [6.07, 6.45) is 0. The molecular weight excluding hydrogens is 198 g/mol. The normalized spacial score (nSPS) is 9.86. The van der Waals surface area contributed by atoms with Crippen LogP contribution in [-0.4, -0.2) is 26.2 Å². The number of carbonyl (C=O) groups is 1. The molecule has 0 aliphatic heterocycles. The lowest BCUT2D eigenvalue weighted by atomic mass is 10.2. The van der Waals surface area contributed by atoms with Crippen LogP contribution in [0.2, 0.25) is 0 Å². The second-order valence-electron chi connectivity index (χ2n) is 2.80. The molecule has 1 aromatic rings. The standard InChI is InChI=1S/C10H13NO2S/c1-13-7-6-11-10(12)8-2-4-9(14)5-3-8/h2-5,14H,6-7H2,1H3,(H,11,12). The van der Waals surface area contributed by atoms with Gasteiger partial charge in [0.15, 0.2) is 0 Å². The first-order valence-corrected chi connectivity index (χ1v) is 4.75. The number of thiol groups is 1. The molecule has 0 radical (unpaired) electrons. The maximum atomic E-state index is 11.4. The van der Waals surface area contributed by atoms with Crippen LogP contribution in [0.4, 0.5) is 0 Å². The molecule has 0 aliphatic carbocycles. The summed E-state index contributed by atoms with van der Waals surface area (Å²) in [5, 5.41) is 2.73. The van der Waals surface area contributed by atoms with Crippen molar-refractivity contribution in [1.29, 1.82) is 0 Å². The van der Waals surface area contributed by atoms with Crippen LogP contribution < -0.4 is 5.32 Å². The quantitative estimate of drug-likeness (QED) is 0.583. The number of carbonyl (C=O) groups excluding carboxylic acids is 1. The van der Waals surface area contributed by atoms with E-state index in [1.54, 1.807) is 31.4 Å². The maximum absolute atomic E-state index is 11.4. The van der Waals surface area contributed by atoms with Crippen LogP contribution in [-0.2, 0) is 4.74 Å². The first kappa shape index (κ1) is 11.1. The Bertz CT molecular complexity index is 297. The Morgan fingerprint density at radius 1 is 1.43 bits per heavy atom. The van der Waals surface area contributed by atoms with Gasteiger partial charge < -0.3 is 10.1 Å². The maximum Gasteiger partial charge on any atom is 0.251 e. The van der Waals surface area contributed by atoms with Gasteiger partial charge in [-0.1, -0.05) is 0 Å². The summed E-state index contributed by atoms with van der Waals surface area (Å²) in [6.45, 7) is 1.05. The lowest BCUT2D eigenvalue weighted by Crippen LogP contribution is -2.26. The zero-order valence-electron chi connectivity index (χ0n) is 7.99. The van der Waals surface area contributed by atoms with Gasteiger partial charge in [-0.25, -0.2) is 0 Å². The number of methoxy groups -OCH3 is 1. The minimum absolute atomic E-state index is 0.0876. The highest BCUT2D eigenvalue weighted by atomic mass is 32.1. The molecule has 0 atom stereocenters. The van der Waals surface area contributed by atoms with E-state index in [2.05, 4.69) is 17.9 Å². The summed E-state index contributed by atoms with van der Waals surface area (Å²) in [5.41, 5.74) is 0.638. The van der Waals surface area contributed by atoms with Crippen LogP contribution in [0.15, 0.2) is 29.2 Å². The molecule has 4 heteroatoms. The number of hydrogen-bond acceptors (Lipinski definition) is 3. The van der Waals surface area contributed by atoms with Gasteiger partial charge in [-0.3, -0.25) is 4.79 Å². The molecule has 1 aromatic carbocycles. The second kappa shape index (κ2) is 5.67. The SMILES string of the molecule is COCCNC(=O)c1ccc(S)cc1. The molecule has 14 heavy (non-hydrogen) atoms. The molecule has 0 fully saturated rings. The van der Waals surface area contributed by atoms with Crippen molar-refractivity contribution in [3.05, 3.63) is 29.8 Å². The van der Waals surface area contributed by atoms with E-state index in [0.29, 0.717) is 18.7 Å². The van der Waals surface area contributed by atoms with Crippen LogP contribution in [0.3, 0.4) is 0 Å². The van der Waals surface area contributed by atoms with Crippen molar-refractivity contribution < 1.29 is 9.53 Å². The highest BCUT2D eigenvalue weighted by Gasteiger charge is 2.02. The van der Waals surface area contributed by atoms with Crippen LogP contribution in [0, 0.1) is 0 Å². The molecule has 76 valence electrons. The first-order valence-electron chi connectivity index (χ1n) is 4.30. The third-order valence-corrected chi connectivity index (χ3v) is 2.02. The number of nitrogens with one attached hydrogen (secondary N) is 1. The second-order valence-corrected chi connectivity index (χ2v) is 3.31. The minimum atomic E-state index is -0.0876. The molecule has 0 unspecified atom stereocenters. The van der Waals surface area contributed by atoms with E-state index in [-0.39, 0.29) is 5.91 Å². The van der Waals surface area contributed by atoms with Crippen molar-refractivity contribution in [3.8, 4) is 0 Å². The highest BCUT2D eigenvalue weighted by Crippen LogP contribution is 2.07. The topological polar surface area (TPSA) is 38.3 Å². The zero-order valence-corrected chi connectivity index (χ0v) is 8.88. The molecule has 3 nitrogen and oxygen atoms in total. The molecule has 0 heterocycles. The monoisotopic (exact) mass is 211 g/mol. The third-order valence-electron chi connectivity index (χ3n) is 1.72. The number of amides is 1. The van der Waals surface area contributed by atoms with Crippen molar-refractivity contribution >= 4 is 18.5 Å². The Hall–Kier alpha value is -1.00. The van der Waals surface area contributed by atoms with Gasteiger partial charge in [-0.15, -0.1) is 12.6 Å². The van der Waals surface area contributed by atoms with Crippen molar-refractivity contribution in [1.82, 2.24) is 5.32 Å². The molecule has 1 rings (SSSR count). The van der Waals surface area contributed by atoms with E-state index < -0.39 is 0 Å². The van der Waals surface area contributed by atoms with E-state index in [1.807, 2.05) is 0 Å². The Morgan fingerprint density at radius 2 is 2.07 bits per heavy atom. The van der Waals surface area contributed by atoms with Gasteiger partial charge in [0.2, 0.25) is 0 Å². The van der Waals surface area contributed by atoms with Crippen LogP contribution in [0.25, 0.3) is 0 Å². The van der Waals surface area contributed by atoms with Crippen LogP contribution >= 0.6 is 12.6 Å². The molecule has 0 aliphatic rings. The summed E-state index contributed by atoms with van der Waals surface area (Å²) in [5.74, 6) is -0.0876. The number of benzene rings is 1. The molecule has 1 N–H and O–H groups in total. The predicted octanol–water partition coefficient (Wildman–Crippen LogP) is 1.35. The Kier molecular flexibility index (Phi) is 4.49. The predicted molar refractivity (Wildman–Crippen MR) is 57.9 cm³/mol. The van der Waals surface area contributed by atoms with Gasteiger partial charge in [0.05, 0.1) is 6.61 Å². The molecule has 0 spiro atoms. The molecule has 0 saturated heterocycles. The average Bonchev–Trinajstić information content (AvgIpc) is 2.19. The van der Waals surface area contributed by atoms with E-state index in [0.717, 1.165) is 4.90 Å². The van der Waals surface area contributed by atoms with E-state index in [4.69, 9.17) is 4.74 Å². The average molecular weight is 211 g/mol. The largest absolute Gasteiger partial charge is 0.383 e. The van der Waals surface area contributed by atoms with Crippen molar-refractivity contribution in [2.24, 2.45) is 0 Å². The van der Waals surface area contributed by atoms with Crippen molar-refractivity contribution in [2.45, 2.75) is 4.90 Å². The summed E-state index contributed by atoms with van der Waals surface area (Å²) >= 11 is 4.13. The van der Waals surface area contributed by atoms with Crippen molar-refractivity contribution in [2.75, 3.05) is 20.3 Å². The fourth-order valence-corrected chi connectivity index (χ4v) is 1.13. The summed E-state index contributed by atoms with van der Waals surface area (Å²) in [4.78, 5) is 12.3. The van der Waals surface area contributed by atoms with Gasteiger partial charge in [0.1, 0.15) is 0 Å². The number of rotatable bonds is 4. The Morgan fingerprint density at radius 3 is 2.64 bits per heavy atom. The smallest absolute Gasteiger partial charge is 0.251 e. The fourth-order valence-electron chi connectivity index (χ4n) is 0.981. The van der Waals surface area contributed by atoms with E-state index in [9.17, 15) is 4.79 Å². The molecule has 0 saturated carbocycles. The molecule has 0 bridgehead atoms. The Balaban J connectivity index is 2.48. The Labute approximate surface area is 88.9 Å². The number of ether oxygens (including phenoxy) is 1. The molecule has 0 aromatic heterocycles. The number of hydrogen-bond donors (Lipinski definition) is 2. The van der Waals surface area contributed by atoms with Gasteiger partial charge in [-0.05, 0) is 24.3 Å². The minimum Gasteiger partial charge on any atom is -0.383 e. The summed E-state index contributed by atoms with van der Waals surface area (Å²) in [6, 6.07) is 7.05. The van der Waals surface area contributed by atoms with E-state index in [1.165, 1.54) is 0 Å². The molecule has 1 amide bonds. The van der Waals surface area contributed by atoms with Gasteiger partial charge in [0.25, 0.3) is 5.91 Å². The molecular formula is C10H13NO2S. The van der Waals surface area contributed by atoms with Gasteiger partial charge in [0, 0.05) is 24.1 Å². The van der Waals surface area contributed by atoms with Crippen molar-refractivity contribution in [3.63, 3.8) is 0 Å². The lowest BCUT2D eigenvalue weighted by Gasteiger charge is -2.04. The highest BCUT2D eigenvalue weighted by molar-refractivity contribution is 7.80. The van der Waals surface area contributed by atoms with Crippen LogP contribution in [0.5, 0.6) is 0 Å². The fraction of sp³-hybridized carbons (Fsp3) is 0.300. The summed E-state index contributed by atoms with van der Waals surface area (Å²) < 4.78 is 4.82. The first-order chi connectivity index (χ1) is 6.74. The zero-order chi connectivity index (χ0) is 10.4. The van der Waals surface area contributed by atoms with E-state index >= 15 is 0 Å². The summed E-state index contributed by atoms with van der Waals surface area (Å²) in [7, 11) is 1.60. The van der Waals surface area contributed by atoms with Crippen LogP contribution in [0.1, 0.15) is 10.4 Å². The van der Waals surface area contributed by atoms with Gasteiger partial charge in [-0.2, -0.15) is 0 Å². The lowest BCUT2D eigenvalue weighted by molar-refractivity contribution is 0.0937. The third kappa shape index (κ3) is 3.40.